The molecule has 8 heteroatoms. The van der Waals surface area contributed by atoms with Crippen molar-refractivity contribution < 1.29 is 24.1 Å². The van der Waals surface area contributed by atoms with Crippen LogP contribution in [0.5, 0.6) is 17.2 Å². The Labute approximate surface area is 200 Å². The molecule has 0 fully saturated rings. The molecule has 3 aromatic rings. The second-order valence-corrected chi connectivity index (χ2v) is 8.43. The molecule has 0 saturated carbocycles. The van der Waals surface area contributed by atoms with Crippen molar-refractivity contribution >= 4 is 22.5 Å². The fourth-order valence-electron chi connectivity index (χ4n) is 3.55. The van der Waals surface area contributed by atoms with Crippen LogP contribution in [0.1, 0.15) is 36.3 Å². The average molecular weight is 468 g/mol. The molecule has 0 saturated heterocycles. The number of amides is 1. The van der Waals surface area contributed by atoms with E-state index in [1.807, 2.05) is 45.0 Å². The molecule has 4 N–H and O–H groups in total. The SMILES string of the molecule is COc1cc(C(=O)N[C@H](COc2cccc3nc(C)cc(N)c23)C(C)C)ccc1OCCCO. The van der Waals surface area contributed by atoms with Gasteiger partial charge in [0.25, 0.3) is 5.91 Å². The number of pyridine rings is 1. The van der Waals surface area contributed by atoms with E-state index < -0.39 is 0 Å². The highest BCUT2D eigenvalue weighted by molar-refractivity contribution is 5.96. The first kappa shape index (κ1) is 25.1. The zero-order valence-electron chi connectivity index (χ0n) is 20.1. The number of hydrogen-bond donors (Lipinski definition) is 3. The topological polar surface area (TPSA) is 116 Å². The van der Waals surface area contributed by atoms with Crippen molar-refractivity contribution in [1.82, 2.24) is 10.3 Å². The van der Waals surface area contributed by atoms with E-state index >= 15 is 0 Å². The van der Waals surface area contributed by atoms with E-state index in [1.54, 1.807) is 18.2 Å². The van der Waals surface area contributed by atoms with Crippen molar-refractivity contribution in [3.05, 3.63) is 53.7 Å². The summed E-state index contributed by atoms with van der Waals surface area (Å²) in [5.74, 6) is 1.50. The molecule has 0 radical (unpaired) electrons. The van der Waals surface area contributed by atoms with Crippen molar-refractivity contribution in [3.8, 4) is 17.2 Å². The first-order chi connectivity index (χ1) is 16.3. The summed E-state index contributed by atoms with van der Waals surface area (Å²) in [4.78, 5) is 17.5. The fourth-order valence-corrected chi connectivity index (χ4v) is 3.55. The molecule has 0 bridgehead atoms. The lowest BCUT2D eigenvalue weighted by Gasteiger charge is -2.23. The first-order valence-electron chi connectivity index (χ1n) is 11.3. The molecule has 1 heterocycles. The minimum atomic E-state index is -0.242. The first-order valence-corrected chi connectivity index (χ1v) is 11.3. The average Bonchev–Trinajstić information content (AvgIpc) is 2.81. The number of nitrogens with two attached hydrogens (primary N) is 1. The molecule has 182 valence electrons. The van der Waals surface area contributed by atoms with Crippen LogP contribution in [0, 0.1) is 12.8 Å². The molecular weight excluding hydrogens is 434 g/mol. The van der Waals surface area contributed by atoms with Gasteiger partial charge in [-0.3, -0.25) is 9.78 Å². The van der Waals surface area contributed by atoms with E-state index in [4.69, 9.17) is 25.1 Å². The Morgan fingerprint density at radius 2 is 1.91 bits per heavy atom. The molecule has 0 aliphatic carbocycles. The summed E-state index contributed by atoms with van der Waals surface area (Å²) in [5.41, 5.74) is 8.91. The van der Waals surface area contributed by atoms with Crippen LogP contribution >= 0.6 is 0 Å². The third-order valence-electron chi connectivity index (χ3n) is 5.48. The van der Waals surface area contributed by atoms with Crippen LogP contribution in [0.2, 0.25) is 0 Å². The largest absolute Gasteiger partial charge is 0.493 e. The highest BCUT2D eigenvalue weighted by atomic mass is 16.5. The quantitative estimate of drug-likeness (QED) is 0.368. The van der Waals surface area contributed by atoms with Crippen molar-refractivity contribution in [2.24, 2.45) is 5.92 Å². The summed E-state index contributed by atoms with van der Waals surface area (Å²) in [6, 6.07) is 12.2. The summed E-state index contributed by atoms with van der Waals surface area (Å²) in [7, 11) is 1.52. The number of aliphatic hydroxyl groups is 1. The fraction of sp³-hybridized carbons (Fsp3) is 0.385. The van der Waals surface area contributed by atoms with E-state index in [-0.39, 0.29) is 31.1 Å². The summed E-state index contributed by atoms with van der Waals surface area (Å²) >= 11 is 0. The van der Waals surface area contributed by atoms with Crippen LogP contribution < -0.4 is 25.3 Å². The maximum Gasteiger partial charge on any atom is 0.251 e. The van der Waals surface area contributed by atoms with Gasteiger partial charge in [-0.15, -0.1) is 0 Å². The number of fused-ring (bicyclic) bond motifs is 1. The van der Waals surface area contributed by atoms with Gasteiger partial charge < -0.3 is 30.4 Å². The Morgan fingerprint density at radius 1 is 1.12 bits per heavy atom. The van der Waals surface area contributed by atoms with Crippen LogP contribution in [-0.4, -0.2) is 49.0 Å². The molecule has 0 spiro atoms. The Balaban J connectivity index is 1.72. The number of aromatic nitrogens is 1. The molecule has 1 amide bonds. The molecule has 8 nitrogen and oxygen atoms in total. The molecule has 0 aliphatic rings. The summed E-state index contributed by atoms with van der Waals surface area (Å²) in [5, 5.41) is 12.8. The third kappa shape index (κ3) is 6.08. The van der Waals surface area contributed by atoms with Crippen molar-refractivity contribution in [2.45, 2.75) is 33.2 Å². The second kappa shape index (κ2) is 11.6. The van der Waals surface area contributed by atoms with Gasteiger partial charge in [-0.05, 0) is 49.2 Å². The third-order valence-corrected chi connectivity index (χ3v) is 5.48. The number of nitrogens with one attached hydrogen (secondary N) is 1. The Bertz CT molecular complexity index is 1130. The van der Waals surface area contributed by atoms with Crippen LogP contribution in [0.15, 0.2) is 42.5 Å². The number of aryl methyl sites for hydroxylation is 1. The van der Waals surface area contributed by atoms with E-state index in [1.165, 1.54) is 7.11 Å². The minimum Gasteiger partial charge on any atom is -0.493 e. The standard InChI is InChI=1S/C26H33N3O5/c1-16(2)21(15-34-23-8-5-7-20-25(23)19(27)13-17(3)28-20)29-26(31)18-9-10-22(24(14-18)32-4)33-12-6-11-30/h5,7-10,13-14,16,21,30H,6,11-12,15H2,1-4H3,(H2,27,28)(H,29,31)/t21-/m1/s1. The number of nitrogens with zero attached hydrogens (tertiary/aromatic N) is 1. The maximum absolute atomic E-state index is 13.0. The minimum absolute atomic E-state index is 0.0446. The van der Waals surface area contributed by atoms with Gasteiger partial charge in [0.1, 0.15) is 12.4 Å². The number of aliphatic hydroxyl groups excluding tert-OH is 1. The maximum atomic E-state index is 13.0. The zero-order chi connectivity index (χ0) is 24.7. The van der Waals surface area contributed by atoms with E-state index in [2.05, 4.69) is 10.3 Å². The lowest BCUT2D eigenvalue weighted by Crippen LogP contribution is -2.42. The molecule has 1 aromatic heterocycles. The van der Waals surface area contributed by atoms with Gasteiger partial charge in [0.15, 0.2) is 11.5 Å². The monoisotopic (exact) mass is 467 g/mol. The highest BCUT2D eigenvalue weighted by Crippen LogP contribution is 2.31. The molecular formula is C26H33N3O5. The Kier molecular flexibility index (Phi) is 8.54. The normalized spacial score (nSPS) is 11.9. The van der Waals surface area contributed by atoms with Gasteiger partial charge in [0.2, 0.25) is 0 Å². The van der Waals surface area contributed by atoms with Crippen LogP contribution in [0.4, 0.5) is 5.69 Å². The summed E-state index contributed by atoms with van der Waals surface area (Å²) in [6.45, 7) is 6.62. The Morgan fingerprint density at radius 3 is 2.62 bits per heavy atom. The number of rotatable bonds is 11. The molecule has 2 aromatic carbocycles. The summed E-state index contributed by atoms with van der Waals surface area (Å²) < 4.78 is 17.1. The molecule has 0 unspecified atom stereocenters. The Hall–Kier alpha value is -3.52. The van der Waals surface area contributed by atoms with Crippen LogP contribution in [0.3, 0.4) is 0 Å². The molecule has 3 rings (SSSR count). The summed E-state index contributed by atoms with van der Waals surface area (Å²) in [6.07, 6.45) is 0.513. The van der Waals surface area contributed by atoms with E-state index in [0.717, 1.165) is 16.6 Å². The number of nitrogen functional groups attached to an aromatic ring is 1. The molecule has 0 aliphatic heterocycles. The van der Waals surface area contributed by atoms with Gasteiger partial charge in [0, 0.05) is 30.0 Å². The number of carbonyl (C=O) groups is 1. The van der Waals surface area contributed by atoms with Crippen molar-refractivity contribution in [3.63, 3.8) is 0 Å². The lowest BCUT2D eigenvalue weighted by atomic mass is 10.0. The predicted molar refractivity (Wildman–Crippen MR) is 133 cm³/mol. The number of anilines is 1. The van der Waals surface area contributed by atoms with Crippen LogP contribution in [-0.2, 0) is 0 Å². The van der Waals surface area contributed by atoms with Gasteiger partial charge in [-0.2, -0.15) is 0 Å². The number of ether oxygens (including phenoxy) is 3. The highest BCUT2D eigenvalue weighted by Gasteiger charge is 2.20. The van der Waals surface area contributed by atoms with E-state index in [0.29, 0.717) is 41.5 Å². The number of hydrogen-bond acceptors (Lipinski definition) is 7. The van der Waals surface area contributed by atoms with Gasteiger partial charge in [-0.25, -0.2) is 0 Å². The molecule has 34 heavy (non-hydrogen) atoms. The van der Waals surface area contributed by atoms with Gasteiger partial charge in [-0.1, -0.05) is 19.9 Å². The zero-order valence-corrected chi connectivity index (χ0v) is 20.1. The van der Waals surface area contributed by atoms with Crippen LogP contribution in [0.25, 0.3) is 10.9 Å². The van der Waals surface area contributed by atoms with Crippen molar-refractivity contribution in [2.75, 3.05) is 32.7 Å². The van der Waals surface area contributed by atoms with Crippen molar-refractivity contribution in [1.29, 1.82) is 0 Å². The predicted octanol–water partition coefficient (Wildman–Crippen LogP) is 3.73. The van der Waals surface area contributed by atoms with Gasteiger partial charge in [0.05, 0.1) is 30.7 Å². The lowest BCUT2D eigenvalue weighted by molar-refractivity contribution is 0.0904. The molecule has 1 atom stereocenters. The number of methoxy groups -OCH3 is 1. The van der Waals surface area contributed by atoms with E-state index in [9.17, 15) is 4.79 Å². The number of carbonyl (C=O) groups excluding carboxylic acids is 1. The van der Waals surface area contributed by atoms with Gasteiger partial charge >= 0.3 is 0 Å². The second-order valence-electron chi connectivity index (χ2n) is 8.43. The smallest absolute Gasteiger partial charge is 0.251 e. The number of benzene rings is 2.